The highest BCUT2D eigenvalue weighted by atomic mass is 16.7. The van der Waals surface area contributed by atoms with Crippen LogP contribution in [0.5, 0.6) is 0 Å². The monoisotopic (exact) mass is 1240 g/mol. The third-order valence-corrected chi connectivity index (χ3v) is 15.6. The zero-order chi connectivity index (χ0) is 63.6. The van der Waals surface area contributed by atoms with E-state index in [0.717, 1.165) is 0 Å². The van der Waals surface area contributed by atoms with Crippen LogP contribution in [0.2, 0.25) is 0 Å². The molecule has 12 N–H and O–H groups in total. The van der Waals surface area contributed by atoms with Gasteiger partial charge in [0.2, 0.25) is 17.7 Å². The first-order chi connectivity index (χ1) is 41.1. The van der Waals surface area contributed by atoms with Gasteiger partial charge in [0.1, 0.15) is 54.0 Å². The Morgan fingerprint density at radius 3 is 0.942 bits per heavy atom. The molecule has 27 nitrogen and oxygen atoms in total. The molecule has 15 atom stereocenters. The first-order valence-corrected chi connectivity index (χ1v) is 30.9. The fourth-order valence-electron chi connectivity index (χ4n) is 10.3. The molecule has 3 rings (SSSR count). The second-order valence-corrected chi connectivity index (χ2v) is 23.6. The second kappa shape index (κ2) is 42.6. The fourth-order valence-corrected chi connectivity index (χ4v) is 10.3. The molecule has 0 radical (unpaired) electrons. The van der Waals surface area contributed by atoms with Crippen molar-refractivity contribution in [3.63, 3.8) is 0 Å². The van der Waals surface area contributed by atoms with Crippen molar-refractivity contribution in [2.24, 2.45) is 29.1 Å². The van der Waals surface area contributed by atoms with Crippen molar-refractivity contribution < 1.29 is 117 Å². The Morgan fingerprint density at radius 2 is 0.686 bits per heavy atom. The van der Waals surface area contributed by atoms with Gasteiger partial charge in [-0.1, -0.05) is 34.6 Å². The molecule has 27 heteroatoms. The molecule has 0 aromatic carbocycles. The molecule has 3 fully saturated rings. The van der Waals surface area contributed by atoms with Gasteiger partial charge < -0.3 is 105 Å². The maximum atomic E-state index is 12.9. The van der Waals surface area contributed by atoms with E-state index in [2.05, 4.69) is 16.0 Å². The van der Waals surface area contributed by atoms with E-state index in [4.69, 9.17) is 42.6 Å². The average molecular weight is 1240 g/mol. The highest BCUT2D eigenvalue weighted by Gasteiger charge is 2.45. The summed E-state index contributed by atoms with van der Waals surface area (Å²) in [5, 5.41) is 97.5. The summed E-state index contributed by atoms with van der Waals surface area (Å²) in [5.41, 5.74) is -0.711. The third-order valence-electron chi connectivity index (χ3n) is 15.6. The number of aliphatic hydroxyl groups excluding tert-OH is 9. The van der Waals surface area contributed by atoms with Gasteiger partial charge >= 0.3 is 0 Å². The molecule has 0 saturated carbocycles. The van der Waals surface area contributed by atoms with E-state index in [0.29, 0.717) is 44.9 Å². The topological polar surface area (TPSA) is 404 Å². The molecule has 86 heavy (non-hydrogen) atoms. The summed E-state index contributed by atoms with van der Waals surface area (Å²) in [5.74, 6) is -2.31. The molecule has 3 aliphatic heterocycles. The van der Waals surface area contributed by atoms with E-state index in [1.807, 2.05) is 13.8 Å². The number of rotatable bonds is 47. The Bertz CT molecular complexity index is 1730. The molecule has 500 valence electrons. The normalized spacial score (nSPS) is 28.4. The summed E-state index contributed by atoms with van der Waals surface area (Å²) >= 11 is 0. The van der Waals surface area contributed by atoms with Crippen LogP contribution in [0.1, 0.15) is 137 Å². The number of hydrogen-bond acceptors (Lipinski definition) is 24. The zero-order valence-electron chi connectivity index (χ0n) is 51.3. The van der Waals surface area contributed by atoms with Crippen LogP contribution in [0.25, 0.3) is 0 Å². The van der Waals surface area contributed by atoms with Crippen LogP contribution in [0, 0.1) is 29.1 Å². The van der Waals surface area contributed by atoms with E-state index < -0.39 is 117 Å². The van der Waals surface area contributed by atoms with Gasteiger partial charge in [-0.2, -0.15) is 0 Å². The molecule has 0 aromatic heterocycles. The average Bonchev–Trinajstić information content (AvgIpc) is 2.16. The maximum Gasteiger partial charge on any atom is 0.220 e. The van der Waals surface area contributed by atoms with Gasteiger partial charge in [-0.25, -0.2) is 0 Å². The highest BCUT2D eigenvalue weighted by Crippen LogP contribution is 2.31. The Labute approximate surface area is 506 Å². The lowest BCUT2D eigenvalue weighted by atomic mass is 9.82. The minimum atomic E-state index is -1.24. The van der Waals surface area contributed by atoms with E-state index >= 15 is 0 Å². The molecular weight excluding hydrogens is 1130 g/mol. The van der Waals surface area contributed by atoms with Crippen molar-refractivity contribution in [1.29, 1.82) is 0 Å². The molecule has 3 aliphatic rings. The predicted molar refractivity (Wildman–Crippen MR) is 306 cm³/mol. The third kappa shape index (κ3) is 28.7. The first kappa shape index (κ1) is 76.9. The number of carbonyl (C=O) groups excluding carboxylic acids is 6. The van der Waals surface area contributed by atoms with Gasteiger partial charge in [0.05, 0.1) is 97.6 Å². The Kier molecular flexibility index (Phi) is 38.2. The Balaban J connectivity index is 1.40. The van der Waals surface area contributed by atoms with Crippen molar-refractivity contribution in [2.45, 2.75) is 211 Å². The van der Waals surface area contributed by atoms with E-state index in [-0.39, 0.29) is 178 Å². The van der Waals surface area contributed by atoms with Gasteiger partial charge in [-0.15, -0.1) is 0 Å². The summed E-state index contributed by atoms with van der Waals surface area (Å²) in [4.78, 5) is 76.0. The smallest absolute Gasteiger partial charge is 0.220 e. The Morgan fingerprint density at radius 1 is 0.407 bits per heavy atom. The van der Waals surface area contributed by atoms with E-state index in [1.165, 1.54) is 0 Å². The number of ketones is 3. The molecule has 0 aromatic rings. The lowest BCUT2D eigenvalue weighted by Gasteiger charge is -2.40. The van der Waals surface area contributed by atoms with Crippen molar-refractivity contribution in [3.8, 4) is 0 Å². The van der Waals surface area contributed by atoms with Crippen LogP contribution in [0.4, 0.5) is 0 Å². The van der Waals surface area contributed by atoms with Gasteiger partial charge in [-0.3, -0.25) is 28.8 Å². The minimum Gasteiger partial charge on any atom is -0.394 e. The summed E-state index contributed by atoms with van der Waals surface area (Å²) in [7, 11) is 0. The van der Waals surface area contributed by atoms with Gasteiger partial charge in [0.25, 0.3) is 0 Å². The molecule has 3 heterocycles. The second-order valence-electron chi connectivity index (χ2n) is 23.6. The lowest BCUT2D eigenvalue weighted by Crippen LogP contribution is -2.55. The number of aliphatic hydroxyl groups is 9. The summed E-state index contributed by atoms with van der Waals surface area (Å²) in [6.45, 7) is 9.72. The van der Waals surface area contributed by atoms with Crippen LogP contribution >= 0.6 is 0 Å². The number of hydrogen-bond donors (Lipinski definition) is 12. The van der Waals surface area contributed by atoms with Crippen LogP contribution in [-0.2, 0) is 71.4 Å². The quantitative estimate of drug-likeness (QED) is 0.0334. The van der Waals surface area contributed by atoms with Gasteiger partial charge in [-0.05, 0) is 50.9 Å². The number of Topliss-reactive ketones (excluding diaryl/α,β-unsaturated/α-hetero) is 3. The molecule has 0 bridgehead atoms. The predicted octanol–water partition coefficient (Wildman–Crippen LogP) is -0.749. The van der Waals surface area contributed by atoms with Crippen LogP contribution in [0.3, 0.4) is 0 Å². The molecule has 6 unspecified atom stereocenters. The lowest BCUT2D eigenvalue weighted by molar-refractivity contribution is -0.282. The van der Waals surface area contributed by atoms with Gasteiger partial charge in [0.15, 0.2) is 18.9 Å². The molecular formula is C59H105N3O24. The highest BCUT2D eigenvalue weighted by molar-refractivity contribution is 5.80. The maximum absolute atomic E-state index is 12.9. The minimum absolute atomic E-state index is 0.0540. The number of nitrogens with one attached hydrogen (secondary N) is 3. The number of carbonyl (C=O) groups is 6. The van der Waals surface area contributed by atoms with Crippen LogP contribution in [-0.4, -0.2) is 254 Å². The molecule has 0 spiro atoms. The van der Waals surface area contributed by atoms with Crippen molar-refractivity contribution in [1.82, 2.24) is 16.0 Å². The molecule has 0 aliphatic carbocycles. The van der Waals surface area contributed by atoms with Crippen molar-refractivity contribution >= 4 is 35.1 Å². The molecule has 3 amide bonds. The van der Waals surface area contributed by atoms with E-state index in [9.17, 15) is 74.7 Å². The van der Waals surface area contributed by atoms with E-state index in [1.54, 1.807) is 20.8 Å². The largest absolute Gasteiger partial charge is 0.394 e. The number of ether oxygens (including phenoxy) is 9. The van der Waals surface area contributed by atoms with Crippen LogP contribution < -0.4 is 16.0 Å². The molecule has 3 saturated heterocycles. The summed E-state index contributed by atoms with van der Waals surface area (Å²) in [6, 6.07) is 0. The van der Waals surface area contributed by atoms with Crippen molar-refractivity contribution in [2.75, 3.05) is 98.9 Å². The standard InChI is InChI=1S/C59H105N3O24/c1-37(2)30-59(34-78-27-18-41(66)12-6-21-60-47(69)15-9-24-81-56-38(3)50(72)53(75)44(31-63)84-56,35-79-28-19-42(67)13-7-22-61-48(70)16-10-25-82-57-39(4)51(73)54(76)45(32-64)85-57)36-80-29-20-43(68)14-8-23-62-49(71)17-11-26-83-58-40(5)52(74)55(77)46(33-65)86-58/h37-40,44-46,50-58,63-65,72-77H,6-36H2,1-5H3,(H,60,69)(H,61,70)(H,62,71)/t38?,39?,40?,44?,45?,46?,50-,51-,52-,53+,54+,55+,56-,57-,58-,59?/m1/s1. The zero-order valence-corrected chi connectivity index (χ0v) is 51.3. The van der Waals surface area contributed by atoms with Gasteiger partial charge in [0, 0.05) is 101 Å². The summed E-state index contributed by atoms with van der Waals surface area (Å²) < 4.78 is 52.1. The fraction of sp³-hybridized carbons (Fsp3) is 0.898. The number of amides is 3. The SMILES string of the molecule is CC(C)CC(COCCC(=O)CCCNC(=O)CCCO[C@@H]1OC(CO)[C@H](O)[C@H](O)C1C)(COCCC(=O)CCCNC(=O)CCCO[C@@H]1OC(CO)[C@H](O)[C@H](O)C1C)COCCC(=O)CCCNC(=O)CCCO[C@@H]1OC(CO)[C@H](O)[C@H](O)C1C. The Hall–Kier alpha value is -3.30. The summed E-state index contributed by atoms with van der Waals surface area (Å²) in [6.07, 6.45) is -8.18. The first-order valence-electron chi connectivity index (χ1n) is 30.9. The van der Waals surface area contributed by atoms with Crippen molar-refractivity contribution in [3.05, 3.63) is 0 Å². The van der Waals surface area contributed by atoms with Crippen LogP contribution in [0.15, 0.2) is 0 Å².